The third-order valence-corrected chi connectivity index (χ3v) is 2.44. The molecule has 6 heteroatoms. The molecule has 1 unspecified atom stereocenters. The summed E-state index contributed by atoms with van der Waals surface area (Å²) in [5, 5.41) is 16.9. The van der Waals surface area contributed by atoms with Crippen LogP contribution in [-0.2, 0) is 0 Å². The standard InChI is InChI=1S/C11H18N4O2/c1-8(6-12-3)7-13-11-5-4-10(15(16)17)9(2)14-11/h4-5,8,12H,6-7H2,1-3H3,(H,13,14). The Morgan fingerprint density at radius 3 is 2.71 bits per heavy atom. The molecule has 2 N–H and O–H groups in total. The second kappa shape index (κ2) is 6.15. The van der Waals surface area contributed by atoms with Gasteiger partial charge in [-0.3, -0.25) is 10.1 Å². The van der Waals surface area contributed by atoms with E-state index in [4.69, 9.17) is 0 Å². The van der Waals surface area contributed by atoms with Gasteiger partial charge in [-0.25, -0.2) is 4.98 Å². The zero-order valence-electron chi connectivity index (χ0n) is 10.4. The Labute approximate surface area is 101 Å². The summed E-state index contributed by atoms with van der Waals surface area (Å²) >= 11 is 0. The molecule has 17 heavy (non-hydrogen) atoms. The van der Waals surface area contributed by atoms with Crippen LogP contribution in [0.4, 0.5) is 11.5 Å². The van der Waals surface area contributed by atoms with Crippen molar-refractivity contribution in [2.75, 3.05) is 25.5 Å². The summed E-state index contributed by atoms with van der Waals surface area (Å²) in [5.74, 6) is 1.15. The van der Waals surface area contributed by atoms with Gasteiger partial charge in [-0.05, 0) is 32.5 Å². The summed E-state index contributed by atoms with van der Waals surface area (Å²) in [6, 6.07) is 3.12. The van der Waals surface area contributed by atoms with Crippen LogP contribution < -0.4 is 10.6 Å². The zero-order valence-corrected chi connectivity index (χ0v) is 10.4. The van der Waals surface area contributed by atoms with Gasteiger partial charge < -0.3 is 10.6 Å². The van der Waals surface area contributed by atoms with Crippen molar-refractivity contribution < 1.29 is 4.92 Å². The summed E-state index contributed by atoms with van der Waals surface area (Å²) in [5.41, 5.74) is 0.486. The molecule has 0 saturated heterocycles. The van der Waals surface area contributed by atoms with Gasteiger partial charge in [-0.2, -0.15) is 0 Å². The van der Waals surface area contributed by atoms with Gasteiger partial charge >= 0.3 is 0 Å². The second-order valence-corrected chi connectivity index (χ2v) is 4.10. The van der Waals surface area contributed by atoms with Crippen molar-refractivity contribution in [3.8, 4) is 0 Å². The quantitative estimate of drug-likeness (QED) is 0.580. The number of hydrogen-bond acceptors (Lipinski definition) is 5. The predicted molar refractivity (Wildman–Crippen MR) is 67.2 cm³/mol. The van der Waals surface area contributed by atoms with E-state index >= 15 is 0 Å². The minimum atomic E-state index is -0.421. The van der Waals surface area contributed by atoms with Crippen LogP contribution in [0.3, 0.4) is 0 Å². The molecule has 94 valence electrons. The number of nitrogens with one attached hydrogen (secondary N) is 2. The molecule has 0 spiro atoms. The van der Waals surface area contributed by atoms with E-state index in [-0.39, 0.29) is 5.69 Å². The summed E-state index contributed by atoms with van der Waals surface area (Å²) in [6.07, 6.45) is 0. The molecule has 1 rings (SSSR count). The molecule has 0 aliphatic carbocycles. The highest BCUT2D eigenvalue weighted by Gasteiger charge is 2.11. The Hall–Kier alpha value is -1.69. The lowest BCUT2D eigenvalue weighted by Gasteiger charge is -2.12. The van der Waals surface area contributed by atoms with Crippen LogP contribution in [0.1, 0.15) is 12.6 Å². The molecule has 1 aromatic rings. The van der Waals surface area contributed by atoms with Crippen LogP contribution in [0.15, 0.2) is 12.1 Å². The third kappa shape index (κ3) is 3.99. The highest BCUT2D eigenvalue weighted by atomic mass is 16.6. The maximum absolute atomic E-state index is 10.6. The van der Waals surface area contributed by atoms with E-state index in [9.17, 15) is 10.1 Å². The highest BCUT2D eigenvalue weighted by molar-refractivity contribution is 5.44. The molecular weight excluding hydrogens is 220 g/mol. The largest absolute Gasteiger partial charge is 0.370 e. The molecular formula is C11H18N4O2. The van der Waals surface area contributed by atoms with Gasteiger partial charge in [-0.15, -0.1) is 0 Å². The first-order chi connectivity index (χ1) is 8.04. The Bertz CT molecular complexity index is 395. The molecule has 1 aromatic heterocycles. The first-order valence-corrected chi connectivity index (χ1v) is 5.55. The van der Waals surface area contributed by atoms with Crippen LogP contribution in [0.5, 0.6) is 0 Å². The summed E-state index contributed by atoms with van der Waals surface area (Å²) in [7, 11) is 1.91. The van der Waals surface area contributed by atoms with Crippen molar-refractivity contribution in [2.45, 2.75) is 13.8 Å². The van der Waals surface area contributed by atoms with Gasteiger partial charge in [0.25, 0.3) is 5.69 Å². The fourth-order valence-corrected chi connectivity index (χ4v) is 1.54. The molecule has 1 atom stereocenters. The number of anilines is 1. The molecule has 0 amide bonds. The molecule has 6 nitrogen and oxygen atoms in total. The van der Waals surface area contributed by atoms with Crippen LogP contribution in [0.2, 0.25) is 0 Å². The smallest absolute Gasteiger partial charge is 0.290 e. The molecule has 0 radical (unpaired) electrons. The molecule has 1 heterocycles. The number of rotatable bonds is 6. The van der Waals surface area contributed by atoms with Gasteiger partial charge in [0.2, 0.25) is 0 Å². The van der Waals surface area contributed by atoms with Gasteiger partial charge in [0.1, 0.15) is 11.5 Å². The summed E-state index contributed by atoms with van der Waals surface area (Å²) < 4.78 is 0. The van der Waals surface area contributed by atoms with E-state index in [2.05, 4.69) is 22.5 Å². The molecule has 0 aliphatic rings. The number of nitro groups is 1. The van der Waals surface area contributed by atoms with Crippen molar-refractivity contribution in [1.82, 2.24) is 10.3 Å². The van der Waals surface area contributed by atoms with Gasteiger partial charge in [0.15, 0.2) is 0 Å². The predicted octanol–water partition coefficient (Wildman–Crippen LogP) is 1.57. The number of aromatic nitrogens is 1. The number of hydrogen-bond donors (Lipinski definition) is 2. The average molecular weight is 238 g/mol. The van der Waals surface area contributed by atoms with Crippen LogP contribution in [0, 0.1) is 23.0 Å². The minimum absolute atomic E-state index is 0.0545. The Balaban J connectivity index is 2.62. The lowest BCUT2D eigenvalue weighted by atomic mass is 10.2. The van der Waals surface area contributed by atoms with Gasteiger partial charge in [-0.1, -0.05) is 6.92 Å². The fraction of sp³-hybridized carbons (Fsp3) is 0.545. The van der Waals surface area contributed by atoms with E-state index in [1.807, 2.05) is 7.05 Å². The second-order valence-electron chi connectivity index (χ2n) is 4.10. The maximum Gasteiger partial charge on any atom is 0.290 e. The number of pyridine rings is 1. The Kier molecular flexibility index (Phi) is 4.84. The van der Waals surface area contributed by atoms with Crippen LogP contribution in [-0.4, -0.2) is 30.0 Å². The normalized spacial score (nSPS) is 12.2. The van der Waals surface area contributed by atoms with Crippen molar-refractivity contribution >= 4 is 11.5 Å². The monoisotopic (exact) mass is 238 g/mol. The van der Waals surface area contributed by atoms with Crippen LogP contribution >= 0.6 is 0 Å². The average Bonchev–Trinajstić information content (AvgIpc) is 2.26. The summed E-state index contributed by atoms with van der Waals surface area (Å²) in [6.45, 7) is 5.45. The molecule has 0 fully saturated rings. The first-order valence-electron chi connectivity index (χ1n) is 5.55. The first kappa shape index (κ1) is 13.4. The lowest BCUT2D eigenvalue weighted by Crippen LogP contribution is -2.23. The van der Waals surface area contributed by atoms with E-state index < -0.39 is 4.92 Å². The van der Waals surface area contributed by atoms with Crippen LogP contribution in [0.25, 0.3) is 0 Å². The highest BCUT2D eigenvalue weighted by Crippen LogP contribution is 2.17. The van der Waals surface area contributed by atoms with Crippen molar-refractivity contribution in [3.63, 3.8) is 0 Å². The topological polar surface area (TPSA) is 80.1 Å². The zero-order chi connectivity index (χ0) is 12.8. The van der Waals surface area contributed by atoms with Gasteiger partial charge in [0, 0.05) is 12.6 Å². The molecule has 0 saturated carbocycles. The molecule has 0 aliphatic heterocycles. The van der Waals surface area contributed by atoms with Crippen molar-refractivity contribution in [1.29, 1.82) is 0 Å². The summed E-state index contributed by atoms with van der Waals surface area (Å²) in [4.78, 5) is 14.4. The van der Waals surface area contributed by atoms with Crippen molar-refractivity contribution in [2.24, 2.45) is 5.92 Å². The minimum Gasteiger partial charge on any atom is -0.370 e. The van der Waals surface area contributed by atoms with E-state index in [0.717, 1.165) is 13.1 Å². The van der Waals surface area contributed by atoms with E-state index in [1.54, 1.807) is 13.0 Å². The Morgan fingerprint density at radius 2 is 2.18 bits per heavy atom. The fourth-order valence-electron chi connectivity index (χ4n) is 1.54. The van der Waals surface area contributed by atoms with Crippen molar-refractivity contribution in [3.05, 3.63) is 27.9 Å². The van der Waals surface area contributed by atoms with E-state index in [0.29, 0.717) is 17.4 Å². The third-order valence-electron chi connectivity index (χ3n) is 2.44. The Morgan fingerprint density at radius 1 is 1.47 bits per heavy atom. The maximum atomic E-state index is 10.6. The van der Waals surface area contributed by atoms with Gasteiger partial charge in [0.05, 0.1) is 4.92 Å². The van der Waals surface area contributed by atoms with E-state index in [1.165, 1.54) is 6.07 Å². The SMILES string of the molecule is CNCC(C)CNc1ccc([N+](=O)[O-])c(C)n1. The number of nitrogens with zero attached hydrogens (tertiary/aromatic N) is 2. The molecule has 0 aromatic carbocycles. The number of aryl methyl sites for hydroxylation is 1. The lowest BCUT2D eigenvalue weighted by molar-refractivity contribution is -0.385. The molecule has 0 bridgehead atoms.